The molecule has 148 valence electrons. The van der Waals surface area contributed by atoms with E-state index < -0.39 is 11.9 Å². The van der Waals surface area contributed by atoms with Crippen molar-refractivity contribution in [2.75, 3.05) is 0 Å². The van der Waals surface area contributed by atoms with Crippen molar-refractivity contribution in [2.24, 2.45) is 0 Å². The van der Waals surface area contributed by atoms with Gasteiger partial charge in [-0.05, 0) is 52.4 Å². The van der Waals surface area contributed by atoms with Crippen molar-refractivity contribution in [3.05, 3.63) is 36.0 Å². The summed E-state index contributed by atoms with van der Waals surface area (Å²) in [7, 11) is 0. The third-order valence-electron chi connectivity index (χ3n) is 4.29. The van der Waals surface area contributed by atoms with Crippen LogP contribution < -0.4 is 0 Å². The molecule has 0 aliphatic rings. The maximum atomic E-state index is 11.5. The molecule has 0 aromatic heterocycles. The van der Waals surface area contributed by atoms with Crippen LogP contribution in [0.4, 0.5) is 0 Å². The Labute approximate surface area is 160 Å². The van der Waals surface area contributed by atoms with E-state index in [-0.39, 0.29) is 0 Å². The topological polar surface area (TPSA) is 43.4 Å². The summed E-state index contributed by atoms with van der Waals surface area (Å²) in [5, 5.41) is 0. The summed E-state index contributed by atoms with van der Waals surface area (Å²) >= 11 is 0. The van der Waals surface area contributed by atoms with E-state index in [1.165, 1.54) is 38.5 Å². The summed E-state index contributed by atoms with van der Waals surface area (Å²) < 4.78 is 4.76. The Morgan fingerprint density at radius 3 is 2.00 bits per heavy atom. The number of hydrogen-bond acceptors (Lipinski definition) is 3. The van der Waals surface area contributed by atoms with Crippen LogP contribution >= 0.6 is 0 Å². The fraction of sp³-hybridized carbons (Fsp3) is 0.652. The van der Waals surface area contributed by atoms with Gasteiger partial charge < -0.3 is 4.74 Å². The third kappa shape index (κ3) is 15.9. The van der Waals surface area contributed by atoms with Gasteiger partial charge in [0.15, 0.2) is 0 Å². The molecular formula is C23H38O3. The molecule has 0 amide bonds. The van der Waals surface area contributed by atoms with Gasteiger partial charge in [-0.1, -0.05) is 69.4 Å². The Balaban J connectivity index is 3.44. The van der Waals surface area contributed by atoms with Crippen molar-refractivity contribution in [2.45, 2.75) is 97.8 Å². The lowest BCUT2D eigenvalue weighted by atomic mass is 10.1. The highest BCUT2D eigenvalue weighted by Gasteiger charge is 2.10. The van der Waals surface area contributed by atoms with Gasteiger partial charge in [0.1, 0.15) is 0 Å². The van der Waals surface area contributed by atoms with Crippen LogP contribution in [0.1, 0.15) is 97.8 Å². The second-order valence-corrected chi connectivity index (χ2v) is 6.71. The molecule has 0 atom stereocenters. The molecule has 3 heteroatoms. The molecule has 0 aromatic carbocycles. The van der Waals surface area contributed by atoms with Crippen molar-refractivity contribution >= 4 is 11.9 Å². The number of unbranched alkanes of at least 4 members (excludes halogenated alkanes) is 8. The molecule has 0 heterocycles. The number of ether oxygens (including phenoxy) is 1. The van der Waals surface area contributed by atoms with Crippen LogP contribution in [0.3, 0.4) is 0 Å². The van der Waals surface area contributed by atoms with Crippen molar-refractivity contribution in [1.82, 2.24) is 0 Å². The molecule has 0 saturated heterocycles. The number of esters is 2. The van der Waals surface area contributed by atoms with E-state index >= 15 is 0 Å². The first kappa shape index (κ1) is 24.4. The van der Waals surface area contributed by atoms with E-state index in [9.17, 15) is 9.59 Å². The second kappa shape index (κ2) is 18.2. The van der Waals surface area contributed by atoms with Crippen LogP contribution in [0.15, 0.2) is 36.0 Å². The van der Waals surface area contributed by atoms with Gasteiger partial charge in [0.05, 0.1) is 0 Å². The summed E-state index contributed by atoms with van der Waals surface area (Å²) in [5.74, 6) is -0.943. The van der Waals surface area contributed by atoms with Crippen LogP contribution in [0.25, 0.3) is 0 Å². The average Bonchev–Trinajstić information content (AvgIpc) is 2.64. The molecule has 0 aromatic rings. The smallest absolute Gasteiger partial charge is 0.341 e. The van der Waals surface area contributed by atoms with Crippen molar-refractivity contribution in [3.63, 3.8) is 0 Å². The maximum Gasteiger partial charge on any atom is 0.341 e. The lowest BCUT2D eigenvalue weighted by Gasteiger charge is -2.03. The molecule has 3 nitrogen and oxygen atoms in total. The second-order valence-electron chi connectivity index (χ2n) is 6.71. The number of hydrogen-bond donors (Lipinski definition) is 0. The predicted octanol–water partition coefficient (Wildman–Crippen LogP) is 6.84. The van der Waals surface area contributed by atoms with E-state index in [0.717, 1.165) is 32.1 Å². The molecule has 0 aliphatic carbocycles. The minimum absolute atomic E-state index is 0.327. The number of carbonyl (C=O) groups is 2. The highest BCUT2D eigenvalue weighted by Crippen LogP contribution is 2.09. The van der Waals surface area contributed by atoms with Crippen molar-refractivity contribution in [1.29, 1.82) is 0 Å². The van der Waals surface area contributed by atoms with Gasteiger partial charge in [-0.3, -0.25) is 4.79 Å². The number of carbonyl (C=O) groups excluding carboxylic acids is 2. The Morgan fingerprint density at radius 1 is 0.808 bits per heavy atom. The minimum Gasteiger partial charge on any atom is -0.390 e. The minimum atomic E-state index is -0.528. The molecule has 0 fully saturated rings. The summed E-state index contributed by atoms with van der Waals surface area (Å²) in [4.78, 5) is 22.9. The highest BCUT2D eigenvalue weighted by atomic mass is 16.6. The zero-order chi connectivity index (χ0) is 19.5. The molecule has 0 bridgehead atoms. The SMILES string of the molecule is CC=C(C)C(=O)OC(=O)CCCCCCC/C=C\C/C=C\CCCCC. The van der Waals surface area contributed by atoms with Gasteiger partial charge >= 0.3 is 11.9 Å². The summed E-state index contributed by atoms with van der Waals surface area (Å²) in [5.41, 5.74) is 0.471. The van der Waals surface area contributed by atoms with E-state index in [0.29, 0.717) is 12.0 Å². The molecule has 0 saturated carbocycles. The van der Waals surface area contributed by atoms with Crippen LogP contribution in [-0.2, 0) is 14.3 Å². The molecule has 0 unspecified atom stereocenters. The average molecular weight is 363 g/mol. The lowest BCUT2D eigenvalue weighted by molar-refractivity contribution is -0.156. The zero-order valence-electron chi connectivity index (χ0n) is 17.1. The van der Waals surface area contributed by atoms with Gasteiger partial charge in [-0.15, -0.1) is 0 Å². The Morgan fingerprint density at radius 2 is 1.38 bits per heavy atom. The third-order valence-corrected chi connectivity index (χ3v) is 4.29. The molecule has 26 heavy (non-hydrogen) atoms. The van der Waals surface area contributed by atoms with Crippen LogP contribution in [0.2, 0.25) is 0 Å². The molecule has 0 rings (SSSR count). The normalized spacial score (nSPS) is 12.2. The zero-order valence-corrected chi connectivity index (χ0v) is 17.1. The first-order chi connectivity index (χ1) is 12.6. The fourth-order valence-electron chi connectivity index (χ4n) is 2.43. The van der Waals surface area contributed by atoms with E-state index in [4.69, 9.17) is 4.74 Å². The highest BCUT2D eigenvalue weighted by molar-refractivity contribution is 5.95. The lowest BCUT2D eigenvalue weighted by Crippen LogP contribution is -2.12. The summed E-state index contributed by atoms with van der Waals surface area (Å²) in [6, 6.07) is 0. The number of allylic oxidation sites excluding steroid dienone is 5. The van der Waals surface area contributed by atoms with Crippen LogP contribution in [0, 0.1) is 0 Å². The predicted molar refractivity (Wildman–Crippen MR) is 110 cm³/mol. The Bertz CT molecular complexity index is 458. The Kier molecular flexibility index (Phi) is 17.0. The summed E-state index contributed by atoms with van der Waals surface area (Å²) in [6.45, 7) is 5.63. The standard InChI is InChI=1S/C23H38O3/c1-4-6-7-8-9-10-11-12-13-14-15-16-17-18-19-20-22(24)26-23(25)21(3)5-2/h5,9-10,12-13H,4,6-8,11,14-20H2,1-3H3/b10-9-,13-12-,21-5?. The molecular weight excluding hydrogens is 324 g/mol. The monoisotopic (exact) mass is 362 g/mol. The molecule has 0 aliphatic heterocycles. The van der Waals surface area contributed by atoms with Crippen molar-refractivity contribution < 1.29 is 14.3 Å². The van der Waals surface area contributed by atoms with Crippen molar-refractivity contribution in [3.8, 4) is 0 Å². The summed E-state index contributed by atoms with van der Waals surface area (Å²) in [6.07, 6.45) is 23.6. The van der Waals surface area contributed by atoms with Gasteiger partial charge in [0, 0.05) is 12.0 Å². The quantitative estimate of drug-likeness (QED) is 0.105. The fourth-order valence-corrected chi connectivity index (χ4v) is 2.43. The first-order valence-corrected chi connectivity index (χ1v) is 10.3. The van der Waals surface area contributed by atoms with E-state index in [1.54, 1.807) is 19.9 Å². The largest absolute Gasteiger partial charge is 0.390 e. The van der Waals surface area contributed by atoms with Gasteiger partial charge in [-0.2, -0.15) is 0 Å². The van der Waals surface area contributed by atoms with E-state index in [1.807, 2.05) is 0 Å². The van der Waals surface area contributed by atoms with Gasteiger partial charge in [-0.25, -0.2) is 4.79 Å². The Hall–Kier alpha value is -1.64. The molecule has 0 N–H and O–H groups in total. The molecule has 0 spiro atoms. The van der Waals surface area contributed by atoms with Crippen LogP contribution in [-0.4, -0.2) is 11.9 Å². The number of rotatable bonds is 15. The maximum absolute atomic E-state index is 11.5. The van der Waals surface area contributed by atoms with Gasteiger partial charge in [0.2, 0.25) is 0 Å². The van der Waals surface area contributed by atoms with Gasteiger partial charge in [0.25, 0.3) is 0 Å². The van der Waals surface area contributed by atoms with E-state index in [2.05, 4.69) is 31.2 Å². The van der Waals surface area contributed by atoms with Crippen LogP contribution in [0.5, 0.6) is 0 Å². The molecule has 0 radical (unpaired) electrons. The first-order valence-electron chi connectivity index (χ1n) is 10.3.